The minimum Gasteiger partial charge on any atom is -0.348 e. The van der Waals surface area contributed by atoms with Crippen molar-refractivity contribution in [2.75, 3.05) is 0 Å². The highest BCUT2D eigenvalue weighted by Gasteiger charge is 2.01. The molecule has 2 N–H and O–H groups in total. The first-order valence-electron chi connectivity index (χ1n) is 5.85. The molecule has 0 aliphatic rings. The summed E-state index contributed by atoms with van der Waals surface area (Å²) in [5.74, 6) is -0.554. The fourth-order valence-corrected chi connectivity index (χ4v) is 1.58. The van der Waals surface area contributed by atoms with Gasteiger partial charge in [0.25, 0.3) is 0 Å². The average molecular weight is 259 g/mol. The first kappa shape index (κ1) is 13.0. The number of halogens is 1. The maximum absolute atomic E-state index is 12.9. The Hall–Kier alpha value is -2.43. The molecule has 0 radical (unpaired) electrons. The van der Waals surface area contributed by atoms with Crippen LogP contribution >= 0.6 is 0 Å². The van der Waals surface area contributed by atoms with Crippen molar-refractivity contribution < 1.29 is 9.18 Å². The minimum absolute atomic E-state index is 0.232. The van der Waals surface area contributed by atoms with Crippen molar-refractivity contribution in [1.29, 1.82) is 0 Å². The Bertz CT molecular complexity index is 604. The lowest BCUT2D eigenvalue weighted by atomic mass is 10.2. The van der Waals surface area contributed by atoms with Gasteiger partial charge in [-0.15, -0.1) is 0 Å². The summed E-state index contributed by atoms with van der Waals surface area (Å²) in [5.41, 5.74) is 2.51. The molecule has 2 rings (SSSR count). The normalized spacial score (nSPS) is 10.8. The van der Waals surface area contributed by atoms with Gasteiger partial charge in [-0.1, -0.05) is 12.1 Å². The highest BCUT2D eigenvalue weighted by atomic mass is 19.1. The van der Waals surface area contributed by atoms with Gasteiger partial charge in [-0.2, -0.15) is 5.10 Å². The number of hydrogen-bond donors (Lipinski definition) is 2. The molecule has 19 heavy (non-hydrogen) atoms. The molecule has 0 atom stereocenters. The molecule has 98 valence electrons. The molecule has 1 aromatic heterocycles. The van der Waals surface area contributed by atoms with E-state index in [1.54, 1.807) is 24.4 Å². The number of H-pyrrole nitrogens is 1. The summed E-state index contributed by atoms with van der Waals surface area (Å²) >= 11 is 0. The van der Waals surface area contributed by atoms with E-state index >= 15 is 0 Å². The number of benzene rings is 1. The second-order valence-corrected chi connectivity index (χ2v) is 4.13. The monoisotopic (exact) mass is 259 g/mol. The second kappa shape index (κ2) is 5.95. The Morgan fingerprint density at radius 2 is 2.37 bits per heavy atom. The van der Waals surface area contributed by atoms with Crippen molar-refractivity contribution >= 4 is 12.0 Å². The number of rotatable bonds is 4. The average Bonchev–Trinajstić information content (AvgIpc) is 2.80. The number of hydrogen-bond acceptors (Lipinski definition) is 2. The summed E-state index contributed by atoms with van der Waals surface area (Å²) in [6, 6.07) is 6.05. The van der Waals surface area contributed by atoms with Gasteiger partial charge >= 0.3 is 0 Å². The van der Waals surface area contributed by atoms with Gasteiger partial charge in [0, 0.05) is 23.9 Å². The maximum Gasteiger partial charge on any atom is 0.244 e. The van der Waals surface area contributed by atoms with E-state index in [1.165, 1.54) is 18.2 Å². The quantitative estimate of drug-likeness (QED) is 0.827. The van der Waals surface area contributed by atoms with Crippen LogP contribution in [0.2, 0.25) is 0 Å². The van der Waals surface area contributed by atoms with Crippen molar-refractivity contribution in [3.63, 3.8) is 0 Å². The second-order valence-electron chi connectivity index (χ2n) is 4.13. The Morgan fingerprint density at radius 1 is 1.53 bits per heavy atom. The van der Waals surface area contributed by atoms with Gasteiger partial charge in [0.2, 0.25) is 5.91 Å². The smallest absolute Gasteiger partial charge is 0.244 e. The number of nitrogens with zero attached hydrogens (tertiary/aromatic N) is 1. The summed E-state index contributed by atoms with van der Waals surface area (Å²) in [7, 11) is 0. The van der Waals surface area contributed by atoms with Crippen molar-refractivity contribution in [2.45, 2.75) is 13.5 Å². The molecule has 0 aliphatic heterocycles. The highest BCUT2D eigenvalue weighted by Crippen LogP contribution is 2.05. The van der Waals surface area contributed by atoms with Gasteiger partial charge < -0.3 is 5.32 Å². The predicted octanol–water partition coefficient (Wildman–Crippen LogP) is 2.19. The molecule has 4 nitrogen and oxygen atoms in total. The zero-order valence-electron chi connectivity index (χ0n) is 10.5. The van der Waals surface area contributed by atoms with E-state index in [0.717, 1.165) is 11.3 Å². The van der Waals surface area contributed by atoms with Crippen molar-refractivity contribution in [2.24, 2.45) is 0 Å². The lowest BCUT2D eigenvalue weighted by molar-refractivity contribution is -0.116. The van der Waals surface area contributed by atoms with Gasteiger partial charge in [-0.3, -0.25) is 9.89 Å². The molecule has 1 amide bonds. The summed E-state index contributed by atoms with van der Waals surface area (Å²) in [6.45, 7) is 2.30. The zero-order chi connectivity index (χ0) is 13.7. The van der Waals surface area contributed by atoms with Crippen LogP contribution in [0.4, 0.5) is 4.39 Å². The predicted molar refractivity (Wildman–Crippen MR) is 70.6 cm³/mol. The topological polar surface area (TPSA) is 57.8 Å². The molecule has 0 saturated heterocycles. The van der Waals surface area contributed by atoms with Crippen molar-refractivity contribution in [1.82, 2.24) is 15.5 Å². The summed E-state index contributed by atoms with van der Waals surface area (Å²) in [4.78, 5) is 11.6. The fourth-order valence-electron chi connectivity index (χ4n) is 1.58. The van der Waals surface area contributed by atoms with Crippen LogP contribution in [0.5, 0.6) is 0 Å². The van der Waals surface area contributed by atoms with Crippen LogP contribution in [0, 0.1) is 12.7 Å². The molecule has 0 saturated carbocycles. The van der Waals surface area contributed by atoms with Crippen LogP contribution in [-0.2, 0) is 11.3 Å². The third kappa shape index (κ3) is 3.77. The molecule has 2 aromatic rings. The SMILES string of the molecule is Cc1[nH]ncc1CNC(=O)/C=C/c1cccc(F)c1. The Morgan fingerprint density at radius 3 is 3.05 bits per heavy atom. The fraction of sp³-hybridized carbons (Fsp3) is 0.143. The molecule has 5 heteroatoms. The third-order valence-corrected chi connectivity index (χ3v) is 2.66. The molecule has 0 fully saturated rings. The molecular formula is C14H14FN3O. The van der Waals surface area contributed by atoms with Crippen LogP contribution in [0.1, 0.15) is 16.8 Å². The highest BCUT2D eigenvalue weighted by molar-refractivity contribution is 5.91. The third-order valence-electron chi connectivity index (χ3n) is 2.66. The first-order valence-corrected chi connectivity index (χ1v) is 5.85. The lowest BCUT2D eigenvalue weighted by Gasteiger charge is -2.00. The number of aromatic nitrogens is 2. The summed E-state index contributed by atoms with van der Waals surface area (Å²) in [6.07, 6.45) is 4.62. The van der Waals surface area contributed by atoms with Crippen LogP contribution in [0.3, 0.4) is 0 Å². The molecule has 0 aliphatic carbocycles. The number of aryl methyl sites for hydroxylation is 1. The van der Waals surface area contributed by atoms with E-state index < -0.39 is 0 Å². The van der Waals surface area contributed by atoms with Gasteiger partial charge in [-0.05, 0) is 30.7 Å². The molecule has 0 spiro atoms. The van der Waals surface area contributed by atoms with Crippen LogP contribution in [0.15, 0.2) is 36.5 Å². The van der Waals surface area contributed by atoms with E-state index in [2.05, 4.69) is 15.5 Å². The Labute approximate surface area is 110 Å². The largest absolute Gasteiger partial charge is 0.348 e. The Kier molecular flexibility index (Phi) is 4.07. The number of amides is 1. The van der Waals surface area contributed by atoms with E-state index in [-0.39, 0.29) is 11.7 Å². The number of aromatic amines is 1. The molecule has 1 heterocycles. The minimum atomic E-state index is -0.323. The molecule has 1 aromatic carbocycles. The van der Waals surface area contributed by atoms with E-state index in [4.69, 9.17) is 0 Å². The molecule has 0 bridgehead atoms. The van der Waals surface area contributed by atoms with Crippen LogP contribution in [0.25, 0.3) is 6.08 Å². The number of carbonyl (C=O) groups is 1. The number of nitrogens with one attached hydrogen (secondary N) is 2. The number of carbonyl (C=O) groups excluding carboxylic acids is 1. The standard InChI is InChI=1S/C14H14FN3O/c1-10-12(9-17-18-10)8-16-14(19)6-5-11-3-2-4-13(15)7-11/h2-7,9H,8H2,1H3,(H,16,19)(H,17,18)/b6-5+. The van der Waals surface area contributed by atoms with E-state index in [9.17, 15) is 9.18 Å². The van der Waals surface area contributed by atoms with Crippen LogP contribution < -0.4 is 5.32 Å². The van der Waals surface area contributed by atoms with Crippen molar-refractivity contribution in [3.05, 3.63) is 59.2 Å². The van der Waals surface area contributed by atoms with E-state index in [1.807, 2.05) is 6.92 Å². The summed E-state index contributed by atoms with van der Waals surface area (Å²) in [5, 5.41) is 9.39. The summed E-state index contributed by atoms with van der Waals surface area (Å²) < 4.78 is 12.9. The van der Waals surface area contributed by atoms with Gasteiger partial charge in [0.1, 0.15) is 5.82 Å². The lowest BCUT2D eigenvalue weighted by Crippen LogP contribution is -2.20. The van der Waals surface area contributed by atoms with Gasteiger partial charge in [0.05, 0.1) is 6.20 Å². The van der Waals surface area contributed by atoms with Gasteiger partial charge in [0.15, 0.2) is 0 Å². The maximum atomic E-state index is 12.9. The van der Waals surface area contributed by atoms with Crippen LogP contribution in [-0.4, -0.2) is 16.1 Å². The Balaban J connectivity index is 1.89. The molecule has 0 unspecified atom stereocenters. The van der Waals surface area contributed by atoms with Gasteiger partial charge in [-0.25, -0.2) is 4.39 Å². The first-order chi connectivity index (χ1) is 9.15. The zero-order valence-corrected chi connectivity index (χ0v) is 10.5. The van der Waals surface area contributed by atoms with E-state index in [0.29, 0.717) is 12.1 Å². The van der Waals surface area contributed by atoms with Crippen molar-refractivity contribution in [3.8, 4) is 0 Å². The molecular weight excluding hydrogens is 245 g/mol.